The van der Waals surface area contributed by atoms with Gasteiger partial charge in [0, 0.05) is 17.3 Å². The lowest BCUT2D eigenvalue weighted by atomic mass is 9.66. The summed E-state index contributed by atoms with van der Waals surface area (Å²) in [5.74, 6) is 1.20. The molecule has 1 aliphatic carbocycles. The predicted molar refractivity (Wildman–Crippen MR) is 95.8 cm³/mol. The van der Waals surface area contributed by atoms with E-state index >= 15 is 0 Å². The van der Waals surface area contributed by atoms with Crippen molar-refractivity contribution in [3.8, 4) is 11.5 Å². The number of benzene rings is 2. The first kappa shape index (κ1) is 14.9. The van der Waals surface area contributed by atoms with E-state index in [-0.39, 0.29) is 5.41 Å². The second-order valence-electron chi connectivity index (χ2n) is 6.32. The third kappa shape index (κ3) is 2.30. The molecule has 4 rings (SSSR count). The van der Waals surface area contributed by atoms with E-state index in [0.717, 1.165) is 29.8 Å². The summed E-state index contributed by atoms with van der Waals surface area (Å²) >= 11 is 12.5. The molecule has 1 saturated carbocycles. The highest BCUT2D eigenvalue weighted by Gasteiger charge is 2.42. The highest BCUT2D eigenvalue weighted by molar-refractivity contribution is 6.37. The molecule has 5 heteroatoms. The normalized spacial score (nSPS) is 17.2. The highest BCUT2D eigenvalue weighted by Crippen LogP contribution is 2.51. The molecule has 1 fully saturated rings. The van der Waals surface area contributed by atoms with Gasteiger partial charge in [-0.05, 0) is 55.2 Å². The number of rotatable bonds is 2. The molecule has 0 atom stereocenters. The van der Waals surface area contributed by atoms with Crippen molar-refractivity contribution in [3.63, 3.8) is 0 Å². The molecular formula is C18H16Cl2N2O. The van der Waals surface area contributed by atoms with Crippen molar-refractivity contribution in [2.24, 2.45) is 4.99 Å². The summed E-state index contributed by atoms with van der Waals surface area (Å²) in [5.41, 5.74) is 9.66. The number of ether oxygens (including phenoxy) is 1. The number of aliphatic imine (C=N–C) groups is 1. The topological polar surface area (TPSA) is 47.6 Å². The Bertz CT molecular complexity index is 818. The van der Waals surface area contributed by atoms with Crippen molar-refractivity contribution < 1.29 is 4.74 Å². The van der Waals surface area contributed by atoms with Gasteiger partial charge in [-0.3, -0.25) is 4.99 Å². The van der Waals surface area contributed by atoms with Crippen LogP contribution in [0.2, 0.25) is 10.0 Å². The van der Waals surface area contributed by atoms with Crippen molar-refractivity contribution in [3.05, 3.63) is 45.4 Å². The molecular weight excluding hydrogens is 331 g/mol. The van der Waals surface area contributed by atoms with E-state index in [4.69, 9.17) is 33.7 Å². The number of nitrogens with two attached hydrogens (primary N) is 1. The zero-order valence-electron chi connectivity index (χ0n) is 12.7. The average Bonchev–Trinajstić information content (AvgIpc) is 2.81. The van der Waals surface area contributed by atoms with E-state index < -0.39 is 0 Å². The Hall–Kier alpha value is -1.71. The number of anilines is 1. The van der Waals surface area contributed by atoms with Gasteiger partial charge in [-0.2, -0.15) is 0 Å². The van der Waals surface area contributed by atoms with E-state index in [1.165, 1.54) is 12.0 Å². The lowest BCUT2D eigenvalue weighted by Gasteiger charge is -2.36. The van der Waals surface area contributed by atoms with Crippen LogP contribution in [-0.2, 0) is 5.41 Å². The van der Waals surface area contributed by atoms with E-state index in [1.54, 1.807) is 12.1 Å². The van der Waals surface area contributed by atoms with Crippen LogP contribution >= 0.6 is 23.2 Å². The number of nitrogens with zero attached hydrogens (tertiary/aromatic N) is 1. The minimum atomic E-state index is 0.107. The lowest BCUT2D eigenvalue weighted by Crippen LogP contribution is -2.33. The number of fused-ring (bicyclic) bond motifs is 2. The maximum absolute atomic E-state index is 6.23. The largest absolute Gasteiger partial charge is 0.454 e. The van der Waals surface area contributed by atoms with Gasteiger partial charge in [0.2, 0.25) is 0 Å². The van der Waals surface area contributed by atoms with Crippen LogP contribution in [0, 0.1) is 6.92 Å². The van der Waals surface area contributed by atoms with Crippen molar-refractivity contribution in [1.29, 1.82) is 0 Å². The van der Waals surface area contributed by atoms with Crippen LogP contribution in [-0.4, -0.2) is 6.21 Å². The van der Waals surface area contributed by atoms with Crippen LogP contribution in [0.3, 0.4) is 0 Å². The fraction of sp³-hybridized carbons (Fsp3) is 0.278. The van der Waals surface area contributed by atoms with E-state index in [0.29, 0.717) is 21.5 Å². The summed E-state index contributed by atoms with van der Waals surface area (Å²) in [5, 5.41) is 0.814. The third-order valence-electron chi connectivity index (χ3n) is 4.76. The second kappa shape index (κ2) is 5.15. The quantitative estimate of drug-likeness (QED) is 0.697. The Morgan fingerprint density at radius 3 is 2.43 bits per heavy atom. The van der Waals surface area contributed by atoms with Gasteiger partial charge in [-0.1, -0.05) is 29.6 Å². The Balaban J connectivity index is 1.76. The van der Waals surface area contributed by atoms with Crippen LogP contribution in [0.25, 0.3) is 0 Å². The monoisotopic (exact) mass is 346 g/mol. The maximum atomic E-state index is 6.23. The third-order valence-corrected chi connectivity index (χ3v) is 5.32. The molecule has 2 aromatic rings. The van der Waals surface area contributed by atoms with Crippen molar-refractivity contribution in [2.45, 2.75) is 31.6 Å². The second-order valence-corrected chi connectivity index (χ2v) is 7.13. The van der Waals surface area contributed by atoms with Gasteiger partial charge in [-0.25, -0.2) is 0 Å². The van der Waals surface area contributed by atoms with Gasteiger partial charge in [0.15, 0.2) is 5.75 Å². The number of hydrogen-bond donors (Lipinski definition) is 1. The van der Waals surface area contributed by atoms with Crippen molar-refractivity contribution in [2.75, 3.05) is 5.73 Å². The molecule has 0 unspecified atom stereocenters. The molecule has 0 radical (unpaired) electrons. The van der Waals surface area contributed by atoms with Gasteiger partial charge in [0.05, 0.1) is 15.7 Å². The van der Waals surface area contributed by atoms with E-state index in [1.807, 2.05) is 6.92 Å². The Labute approximate surface area is 145 Å². The fourth-order valence-electron chi connectivity index (χ4n) is 3.29. The molecule has 0 saturated heterocycles. The summed E-state index contributed by atoms with van der Waals surface area (Å²) in [4.78, 5) is 4.58. The van der Waals surface area contributed by atoms with Gasteiger partial charge < -0.3 is 10.5 Å². The first-order valence-electron chi connectivity index (χ1n) is 7.61. The molecule has 0 amide bonds. The Kier molecular flexibility index (Phi) is 3.33. The molecule has 1 heterocycles. The van der Waals surface area contributed by atoms with Crippen LogP contribution in [0.4, 0.5) is 11.4 Å². The highest BCUT2D eigenvalue weighted by atomic mass is 35.5. The fourth-order valence-corrected chi connectivity index (χ4v) is 3.88. The molecule has 1 aliphatic heterocycles. The number of halogens is 2. The first-order valence-corrected chi connectivity index (χ1v) is 8.37. The van der Waals surface area contributed by atoms with Crippen molar-refractivity contribution in [1.82, 2.24) is 0 Å². The summed E-state index contributed by atoms with van der Waals surface area (Å²) in [7, 11) is 0. The molecule has 2 aliphatic rings. The molecule has 0 bridgehead atoms. The maximum Gasteiger partial charge on any atom is 0.164 e. The SMILES string of the molecule is Cc1cc2c(cc1Oc1c(Cl)cc(N)cc1Cl)C1(C=N2)CCC1. The molecule has 2 N–H and O–H groups in total. The smallest absolute Gasteiger partial charge is 0.164 e. The van der Waals surface area contributed by atoms with Crippen LogP contribution in [0.1, 0.15) is 30.4 Å². The van der Waals surface area contributed by atoms with Crippen LogP contribution < -0.4 is 10.5 Å². The zero-order valence-corrected chi connectivity index (χ0v) is 14.2. The standard InChI is InChI=1S/C18H16Cl2N2O/c1-10-5-15-12(18(9-22-15)3-2-4-18)8-16(10)23-17-13(19)6-11(21)7-14(17)20/h5-9H,2-4,21H2,1H3. The zero-order chi connectivity index (χ0) is 16.2. The summed E-state index contributed by atoms with van der Waals surface area (Å²) in [6, 6.07) is 7.43. The predicted octanol–water partition coefficient (Wildman–Crippen LogP) is 5.81. The Morgan fingerprint density at radius 2 is 1.83 bits per heavy atom. The number of nitrogen functional groups attached to an aromatic ring is 1. The summed E-state index contributed by atoms with van der Waals surface area (Å²) < 4.78 is 6.04. The molecule has 1 spiro atoms. The molecule has 0 aromatic heterocycles. The van der Waals surface area contributed by atoms with Gasteiger partial charge >= 0.3 is 0 Å². The van der Waals surface area contributed by atoms with Gasteiger partial charge in [-0.15, -0.1) is 0 Å². The summed E-state index contributed by atoms with van der Waals surface area (Å²) in [6.45, 7) is 2.00. The van der Waals surface area contributed by atoms with E-state index in [9.17, 15) is 0 Å². The molecule has 3 nitrogen and oxygen atoms in total. The van der Waals surface area contributed by atoms with Crippen LogP contribution in [0.15, 0.2) is 29.3 Å². The number of hydrogen-bond acceptors (Lipinski definition) is 3. The van der Waals surface area contributed by atoms with Crippen molar-refractivity contribution >= 4 is 40.8 Å². The summed E-state index contributed by atoms with van der Waals surface area (Å²) in [6.07, 6.45) is 5.63. The Morgan fingerprint density at radius 1 is 1.13 bits per heavy atom. The molecule has 2 aromatic carbocycles. The number of aryl methyl sites for hydroxylation is 1. The first-order chi connectivity index (χ1) is 11.0. The molecule has 23 heavy (non-hydrogen) atoms. The average molecular weight is 347 g/mol. The van der Waals surface area contributed by atoms with Gasteiger partial charge in [0.1, 0.15) is 5.75 Å². The molecule has 118 valence electrons. The van der Waals surface area contributed by atoms with Gasteiger partial charge in [0.25, 0.3) is 0 Å². The van der Waals surface area contributed by atoms with E-state index in [2.05, 4.69) is 23.3 Å². The minimum absolute atomic E-state index is 0.107. The minimum Gasteiger partial charge on any atom is -0.454 e. The lowest BCUT2D eigenvalue weighted by molar-refractivity contribution is 0.352. The van der Waals surface area contributed by atoms with Crippen LogP contribution in [0.5, 0.6) is 11.5 Å².